The molecule has 0 aromatic carbocycles. The van der Waals surface area contributed by atoms with Crippen molar-refractivity contribution in [2.75, 3.05) is 5.75 Å². The lowest BCUT2D eigenvalue weighted by atomic mass is 10.3. The van der Waals surface area contributed by atoms with Crippen LogP contribution in [0.15, 0.2) is 20.3 Å². The molecule has 0 radical (unpaired) electrons. The average Bonchev–Trinajstić information content (AvgIpc) is 2.61. The number of aromatic nitrogens is 1. The van der Waals surface area contributed by atoms with Gasteiger partial charge in [-0.25, -0.2) is 4.98 Å². The van der Waals surface area contributed by atoms with Gasteiger partial charge in [0, 0.05) is 21.7 Å². The van der Waals surface area contributed by atoms with Crippen LogP contribution in [0.2, 0.25) is 0 Å². The second kappa shape index (κ2) is 6.37. The van der Waals surface area contributed by atoms with Gasteiger partial charge in [0.05, 0.1) is 12.1 Å². The molecule has 82 valence electrons. The maximum atomic E-state index is 10.4. The third-order valence-electron chi connectivity index (χ3n) is 1.31. The van der Waals surface area contributed by atoms with Gasteiger partial charge >= 0.3 is 5.97 Å². The van der Waals surface area contributed by atoms with Gasteiger partial charge in [0.2, 0.25) is 0 Å². The molecular formula is C8H7Cl2NO2S2. The molecule has 0 saturated heterocycles. The van der Waals surface area contributed by atoms with E-state index >= 15 is 0 Å². The van der Waals surface area contributed by atoms with Crippen LogP contribution in [-0.2, 0) is 11.2 Å². The van der Waals surface area contributed by atoms with Crippen LogP contribution in [0.4, 0.5) is 0 Å². The van der Waals surface area contributed by atoms with Gasteiger partial charge in [-0.1, -0.05) is 35.0 Å². The standard InChI is InChI=1S/C8H7Cl2NO2S2/c9-2-5(10)3-14-8-11-6(4-15-8)1-7(12)13/h2,4H,1,3H2,(H,12,13). The van der Waals surface area contributed by atoms with E-state index in [2.05, 4.69) is 4.98 Å². The normalized spacial score (nSPS) is 11.7. The van der Waals surface area contributed by atoms with Crippen molar-refractivity contribution >= 4 is 52.3 Å². The van der Waals surface area contributed by atoms with E-state index in [9.17, 15) is 4.79 Å². The van der Waals surface area contributed by atoms with E-state index in [0.717, 1.165) is 4.34 Å². The molecule has 0 saturated carbocycles. The van der Waals surface area contributed by atoms with Crippen molar-refractivity contribution in [3.8, 4) is 0 Å². The van der Waals surface area contributed by atoms with Crippen LogP contribution in [0.3, 0.4) is 0 Å². The largest absolute Gasteiger partial charge is 0.481 e. The Morgan fingerprint density at radius 2 is 2.47 bits per heavy atom. The summed E-state index contributed by atoms with van der Waals surface area (Å²) >= 11 is 13.9. The third kappa shape index (κ3) is 4.88. The van der Waals surface area contributed by atoms with Crippen molar-refractivity contribution in [1.29, 1.82) is 0 Å². The summed E-state index contributed by atoms with van der Waals surface area (Å²) in [5, 5.41) is 10.8. The molecule has 0 bridgehead atoms. The first kappa shape index (κ1) is 12.8. The van der Waals surface area contributed by atoms with Crippen LogP contribution in [0.1, 0.15) is 5.69 Å². The summed E-state index contributed by atoms with van der Waals surface area (Å²) in [6.45, 7) is 0. The lowest BCUT2D eigenvalue weighted by Gasteiger charge is -1.93. The van der Waals surface area contributed by atoms with E-state index in [1.54, 1.807) is 5.38 Å². The van der Waals surface area contributed by atoms with E-state index in [-0.39, 0.29) is 6.42 Å². The van der Waals surface area contributed by atoms with Gasteiger partial charge in [-0.15, -0.1) is 11.3 Å². The highest BCUT2D eigenvalue weighted by atomic mass is 35.5. The van der Waals surface area contributed by atoms with E-state index < -0.39 is 5.97 Å². The zero-order valence-electron chi connectivity index (χ0n) is 7.44. The Bertz CT molecular complexity index is 378. The van der Waals surface area contributed by atoms with Crippen molar-refractivity contribution in [3.63, 3.8) is 0 Å². The van der Waals surface area contributed by atoms with Crippen molar-refractivity contribution < 1.29 is 9.90 Å². The summed E-state index contributed by atoms with van der Waals surface area (Å²) in [5.74, 6) is -0.332. The molecule has 7 heteroatoms. The maximum absolute atomic E-state index is 10.4. The number of hydrogen-bond donors (Lipinski definition) is 1. The molecule has 1 heterocycles. The van der Waals surface area contributed by atoms with Crippen molar-refractivity contribution in [1.82, 2.24) is 4.98 Å². The molecule has 0 atom stereocenters. The number of nitrogens with zero attached hydrogens (tertiary/aromatic N) is 1. The molecule has 0 aliphatic heterocycles. The van der Waals surface area contributed by atoms with Crippen LogP contribution >= 0.6 is 46.3 Å². The van der Waals surface area contributed by atoms with Gasteiger partial charge in [-0.05, 0) is 0 Å². The number of carboxylic acid groups (broad SMARTS) is 1. The molecule has 0 aliphatic carbocycles. The Hall–Kier alpha value is -0.230. The fraction of sp³-hybridized carbons (Fsp3) is 0.250. The van der Waals surface area contributed by atoms with E-state index in [0.29, 0.717) is 16.5 Å². The first-order valence-corrected chi connectivity index (χ1v) is 6.53. The lowest BCUT2D eigenvalue weighted by Crippen LogP contribution is -1.99. The lowest BCUT2D eigenvalue weighted by molar-refractivity contribution is -0.136. The fourth-order valence-corrected chi connectivity index (χ4v) is 2.75. The van der Waals surface area contributed by atoms with Crippen LogP contribution < -0.4 is 0 Å². The number of carboxylic acids is 1. The number of thioether (sulfide) groups is 1. The van der Waals surface area contributed by atoms with Crippen LogP contribution in [0, 0.1) is 0 Å². The SMILES string of the molecule is O=C(O)Cc1csc(SCC(Cl)=CCl)n1. The summed E-state index contributed by atoms with van der Waals surface area (Å²) in [7, 11) is 0. The molecule has 0 aliphatic rings. The minimum atomic E-state index is -0.879. The summed E-state index contributed by atoms with van der Waals surface area (Å²) in [6.07, 6.45) is -0.0455. The van der Waals surface area contributed by atoms with Crippen LogP contribution in [-0.4, -0.2) is 21.8 Å². The van der Waals surface area contributed by atoms with Gasteiger partial charge in [0.15, 0.2) is 0 Å². The fourth-order valence-electron chi connectivity index (χ4n) is 0.753. The highest BCUT2D eigenvalue weighted by molar-refractivity contribution is 8.01. The minimum Gasteiger partial charge on any atom is -0.481 e. The molecule has 1 rings (SSSR count). The van der Waals surface area contributed by atoms with Crippen LogP contribution in [0.5, 0.6) is 0 Å². The molecule has 1 N–H and O–H groups in total. The van der Waals surface area contributed by atoms with Gasteiger partial charge in [-0.3, -0.25) is 4.79 Å². The van der Waals surface area contributed by atoms with Crippen molar-refractivity contribution in [2.45, 2.75) is 10.8 Å². The summed E-state index contributed by atoms with van der Waals surface area (Å²) in [6, 6.07) is 0. The molecule has 0 fully saturated rings. The number of rotatable bonds is 5. The number of hydrogen-bond acceptors (Lipinski definition) is 4. The summed E-state index contributed by atoms with van der Waals surface area (Å²) < 4.78 is 0.794. The van der Waals surface area contributed by atoms with Gasteiger partial charge in [0.1, 0.15) is 4.34 Å². The van der Waals surface area contributed by atoms with Gasteiger partial charge < -0.3 is 5.11 Å². The zero-order valence-corrected chi connectivity index (χ0v) is 10.6. The molecule has 0 unspecified atom stereocenters. The second-order valence-electron chi connectivity index (χ2n) is 2.52. The smallest absolute Gasteiger partial charge is 0.309 e. The van der Waals surface area contributed by atoms with Crippen molar-refractivity contribution in [2.24, 2.45) is 0 Å². The predicted octanol–water partition coefficient (Wildman–Crippen LogP) is 3.18. The van der Waals surface area contributed by atoms with E-state index in [1.807, 2.05) is 0 Å². The number of carbonyl (C=O) groups is 1. The third-order valence-corrected chi connectivity index (χ3v) is 4.21. The molecule has 0 amide bonds. The quantitative estimate of drug-likeness (QED) is 0.844. The Kier molecular flexibility index (Phi) is 5.45. The highest BCUT2D eigenvalue weighted by Crippen LogP contribution is 2.25. The summed E-state index contributed by atoms with van der Waals surface area (Å²) in [5.41, 5.74) is 1.88. The minimum absolute atomic E-state index is 0.0455. The van der Waals surface area contributed by atoms with Gasteiger partial charge in [0.25, 0.3) is 0 Å². The van der Waals surface area contributed by atoms with E-state index in [1.165, 1.54) is 28.6 Å². The first-order chi connectivity index (χ1) is 7.11. The highest BCUT2D eigenvalue weighted by Gasteiger charge is 2.06. The molecular weight excluding hydrogens is 277 g/mol. The number of halogens is 2. The second-order valence-corrected chi connectivity index (χ2v) is 5.30. The molecule has 1 aromatic rings. The summed E-state index contributed by atoms with van der Waals surface area (Å²) in [4.78, 5) is 14.5. The first-order valence-electron chi connectivity index (χ1n) is 3.85. The molecule has 15 heavy (non-hydrogen) atoms. The monoisotopic (exact) mass is 283 g/mol. The zero-order chi connectivity index (χ0) is 11.3. The Labute approximate surface area is 105 Å². The van der Waals surface area contributed by atoms with Crippen LogP contribution in [0.25, 0.3) is 0 Å². The molecule has 1 aromatic heterocycles. The average molecular weight is 284 g/mol. The number of thiazole rings is 1. The van der Waals surface area contributed by atoms with E-state index in [4.69, 9.17) is 28.3 Å². The molecule has 0 spiro atoms. The van der Waals surface area contributed by atoms with Gasteiger partial charge in [-0.2, -0.15) is 0 Å². The molecule has 3 nitrogen and oxygen atoms in total. The topological polar surface area (TPSA) is 50.2 Å². The van der Waals surface area contributed by atoms with Crippen molar-refractivity contribution in [3.05, 3.63) is 21.6 Å². The Morgan fingerprint density at radius 1 is 1.73 bits per heavy atom. The Morgan fingerprint density at radius 3 is 3.07 bits per heavy atom. The predicted molar refractivity (Wildman–Crippen MR) is 64.0 cm³/mol. The number of aliphatic carboxylic acids is 1. The maximum Gasteiger partial charge on any atom is 0.309 e. The Balaban J connectivity index is 2.49.